The van der Waals surface area contributed by atoms with Gasteiger partial charge in [0.15, 0.2) is 0 Å². The molecule has 0 saturated heterocycles. The van der Waals surface area contributed by atoms with Crippen LogP contribution in [0.3, 0.4) is 0 Å². The number of thioether (sulfide) groups is 1. The second kappa shape index (κ2) is 8.25. The van der Waals surface area contributed by atoms with Crippen LogP contribution in [0.5, 0.6) is 5.75 Å². The van der Waals surface area contributed by atoms with E-state index in [1.165, 1.54) is 16.0 Å². The van der Waals surface area contributed by atoms with E-state index in [1.54, 1.807) is 0 Å². The molecule has 0 aromatic heterocycles. The van der Waals surface area contributed by atoms with E-state index >= 15 is 0 Å². The van der Waals surface area contributed by atoms with Gasteiger partial charge in [-0.2, -0.15) is 0 Å². The summed E-state index contributed by atoms with van der Waals surface area (Å²) in [6.45, 7) is 2.61. The van der Waals surface area contributed by atoms with Gasteiger partial charge in [-0.15, -0.1) is 11.8 Å². The first kappa shape index (κ1) is 16.9. The second-order valence-corrected chi connectivity index (χ2v) is 7.20. The Morgan fingerprint density at radius 2 is 2.12 bits per heavy atom. The third-order valence-electron chi connectivity index (χ3n) is 4.10. The Labute approximate surface area is 147 Å². The zero-order chi connectivity index (χ0) is 16.8. The zero-order valence-corrected chi connectivity index (χ0v) is 14.8. The molecule has 1 aliphatic heterocycles. The lowest BCUT2D eigenvalue weighted by molar-refractivity contribution is -0.122. The van der Waals surface area contributed by atoms with Gasteiger partial charge in [-0.1, -0.05) is 30.3 Å². The molecule has 3 nitrogen and oxygen atoms in total. The van der Waals surface area contributed by atoms with Crippen LogP contribution in [0.25, 0.3) is 0 Å². The van der Waals surface area contributed by atoms with Crippen LogP contribution in [0, 0.1) is 6.92 Å². The normalized spacial score (nSPS) is 16.3. The average Bonchev–Trinajstić information content (AvgIpc) is 2.59. The van der Waals surface area contributed by atoms with Crippen molar-refractivity contribution in [3.8, 4) is 5.75 Å². The van der Waals surface area contributed by atoms with Crippen LogP contribution in [-0.4, -0.2) is 18.3 Å². The van der Waals surface area contributed by atoms with Gasteiger partial charge in [0.05, 0.1) is 12.6 Å². The number of fused-ring (bicyclic) bond motifs is 1. The average molecular weight is 341 g/mol. The summed E-state index contributed by atoms with van der Waals surface area (Å²) >= 11 is 1.87. The predicted octanol–water partition coefficient (Wildman–Crippen LogP) is 4.51. The van der Waals surface area contributed by atoms with Gasteiger partial charge in [0.25, 0.3) is 0 Å². The molecular formula is C20H23NO2S. The monoisotopic (exact) mass is 341 g/mol. The fourth-order valence-corrected chi connectivity index (χ4v) is 4.01. The number of aryl methyl sites for hydroxylation is 1. The molecule has 2 aromatic carbocycles. The minimum Gasteiger partial charge on any atom is -0.494 e. The largest absolute Gasteiger partial charge is 0.494 e. The molecule has 0 aliphatic carbocycles. The van der Waals surface area contributed by atoms with E-state index in [0.717, 1.165) is 24.3 Å². The van der Waals surface area contributed by atoms with Gasteiger partial charge in [0.2, 0.25) is 5.91 Å². The van der Waals surface area contributed by atoms with Gasteiger partial charge >= 0.3 is 0 Å². The van der Waals surface area contributed by atoms with Gasteiger partial charge in [-0.3, -0.25) is 4.79 Å². The molecule has 3 rings (SSSR count). The molecule has 0 fully saturated rings. The maximum Gasteiger partial charge on any atom is 0.220 e. The lowest BCUT2D eigenvalue weighted by Gasteiger charge is -2.25. The van der Waals surface area contributed by atoms with Gasteiger partial charge in [0, 0.05) is 17.1 Å². The number of hydrogen-bond donors (Lipinski definition) is 1. The topological polar surface area (TPSA) is 38.3 Å². The highest BCUT2D eigenvalue weighted by atomic mass is 32.2. The van der Waals surface area contributed by atoms with E-state index in [0.29, 0.717) is 13.0 Å². The first-order chi connectivity index (χ1) is 11.7. The number of amides is 1. The summed E-state index contributed by atoms with van der Waals surface area (Å²) in [6, 6.07) is 16.5. The number of nitrogens with one attached hydrogen (secondary N) is 1. The number of carbonyl (C=O) groups is 1. The summed E-state index contributed by atoms with van der Waals surface area (Å²) in [7, 11) is 0. The van der Waals surface area contributed by atoms with Crippen molar-refractivity contribution in [3.05, 3.63) is 59.7 Å². The molecule has 1 amide bonds. The Bertz CT molecular complexity index is 702. The number of rotatable bonds is 6. The van der Waals surface area contributed by atoms with Crippen molar-refractivity contribution in [2.45, 2.75) is 37.1 Å². The summed E-state index contributed by atoms with van der Waals surface area (Å²) in [4.78, 5) is 13.5. The van der Waals surface area contributed by atoms with Gasteiger partial charge in [0.1, 0.15) is 5.75 Å². The molecule has 0 radical (unpaired) electrons. The standard InChI is InChI=1S/C20H23NO2S/c1-15-6-4-7-16(14-15)23-12-5-10-20(22)21-18-11-13-24-19-9-3-2-8-17(18)19/h2-4,6-9,14,18H,5,10-13H2,1H3,(H,21,22)/t18-/m0/s1. The highest BCUT2D eigenvalue weighted by Gasteiger charge is 2.21. The Balaban J connectivity index is 1.43. The summed E-state index contributed by atoms with van der Waals surface area (Å²) < 4.78 is 5.70. The smallest absolute Gasteiger partial charge is 0.220 e. The van der Waals surface area contributed by atoms with Gasteiger partial charge in [-0.25, -0.2) is 0 Å². The molecule has 126 valence electrons. The maximum atomic E-state index is 12.2. The van der Waals surface area contributed by atoms with Crippen molar-refractivity contribution in [1.29, 1.82) is 0 Å². The van der Waals surface area contributed by atoms with E-state index < -0.39 is 0 Å². The molecule has 1 heterocycles. The number of benzene rings is 2. The SMILES string of the molecule is Cc1cccc(OCCCC(=O)N[C@H]2CCSc3ccccc32)c1. The fraction of sp³-hybridized carbons (Fsp3) is 0.350. The van der Waals surface area contributed by atoms with Crippen molar-refractivity contribution < 1.29 is 9.53 Å². The van der Waals surface area contributed by atoms with Crippen LogP contribution in [0.2, 0.25) is 0 Å². The maximum absolute atomic E-state index is 12.2. The zero-order valence-electron chi connectivity index (χ0n) is 14.0. The molecule has 0 bridgehead atoms. The quantitative estimate of drug-likeness (QED) is 0.786. The van der Waals surface area contributed by atoms with Crippen molar-refractivity contribution in [3.63, 3.8) is 0 Å². The van der Waals surface area contributed by atoms with Gasteiger partial charge < -0.3 is 10.1 Å². The van der Waals surface area contributed by atoms with E-state index in [4.69, 9.17) is 4.74 Å². The molecule has 2 aromatic rings. The molecule has 0 spiro atoms. The fourth-order valence-electron chi connectivity index (χ4n) is 2.89. The van der Waals surface area contributed by atoms with E-state index in [1.807, 2.05) is 49.0 Å². The number of ether oxygens (including phenoxy) is 1. The lowest BCUT2D eigenvalue weighted by Crippen LogP contribution is -2.30. The Kier molecular flexibility index (Phi) is 5.81. The van der Waals surface area contributed by atoms with Crippen molar-refractivity contribution >= 4 is 17.7 Å². The van der Waals surface area contributed by atoms with Crippen LogP contribution < -0.4 is 10.1 Å². The Morgan fingerprint density at radius 3 is 3.00 bits per heavy atom. The minimum atomic E-state index is 0.106. The van der Waals surface area contributed by atoms with E-state index in [9.17, 15) is 4.79 Å². The van der Waals surface area contributed by atoms with Crippen LogP contribution >= 0.6 is 11.8 Å². The molecule has 0 saturated carbocycles. The minimum absolute atomic E-state index is 0.106. The summed E-state index contributed by atoms with van der Waals surface area (Å²) in [5.74, 6) is 2.03. The van der Waals surface area contributed by atoms with Crippen LogP contribution in [0.15, 0.2) is 53.4 Å². The van der Waals surface area contributed by atoms with E-state index in [2.05, 4.69) is 23.5 Å². The summed E-state index contributed by atoms with van der Waals surface area (Å²) in [6.07, 6.45) is 2.22. The molecule has 0 unspecified atom stereocenters. The summed E-state index contributed by atoms with van der Waals surface area (Å²) in [5.41, 5.74) is 2.43. The Hall–Kier alpha value is -1.94. The highest BCUT2D eigenvalue weighted by Crippen LogP contribution is 2.35. The van der Waals surface area contributed by atoms with Crippen LogP contribution in [0.4, 0.5) is 0 Å². The highest BCUT2D eigenvalue weighted by molar-refractivity contribution is 7.99. The van der Waals surface area contributed by atoms with Crippen LogP contribution in [0.1, 0.15) is 36.4 Å². The van der Waals surface area contributed by atoms with Crippen LogP contribution in [-0.2, 0) is 4.79 Å². The molecule has 4 heteroatoms. The lowest BCUT2D eigenvalue weighted by atomic mass is 10.0. The van der Waals surface area contributed by atoms with Crippen molar-refractivity contribution in [2.75, 3.05) is 12.4 Å². The first-order valence-corrected chi connectivity index (χ1v) is 9.41. The third-order valence-corrected chi connectivity index (χ3v) is 5.22. The van der Waals surface area contributed by atoms with E-state index in [-0.39, 0.29) is 11.9 Å². The molecular weight excluding hydrogens is 318 g/mol. The third kappa shape index (κ3) is 4.54. The molecule has 1 aliphatic rings. The molecule has 1 N–H and O–H groups in total. The first-order valence-electron chi connectivity index (χ1n) is 8.43. The van der Waals surface area contributed by atoms with Gasteiger partial charge in [-0.05, 0) is 49.1 Å². The second-order valence-electron chi connectivity index (χ2n) is 6.06. The Morgan fingerprint density at radius 1 is 1.25 bits per heavy atom. The number of hydrogen-bond acceptors (Lipinski definition) is 3. The predicted molar refractivity (Wildman–Crippen MR) is 98.6 cm³/mol. The number of carbonyl (C=O) groups excluding carboxylic acids is 1. The molecule has 1 atom stereocenters. The van der Waals surface area contributed by atoms with Crippen molar-refractivity contribution in [2.24, 2.45) is 0 Å². The molecule has 24 heavy (non-hydrogen) atoms. The summed E-state index contributed by atoms with van der Waals surface area (Å²) in [5, 5.41) is 3.18. The van der Waals surface area contributed by atoms with Crippen molar-refractivity contribution in [1.82, 2.24) is 5.32 Å².